The normalized spacial score (nSPS) is 11.1. The number of anilines is 2. The lowest BCUT2D eigenvalue weighted by Crippen LogP contribution is -2.15. The fourth-order valence-corrected chi connectivity index (χ4v) is 2.48. The van der Waals surface area contributed by atoms with E-state index >= 15 is 0 Å². The zero-order chi connectivity index (χ0) is 13.9. The van der Waals surface area contributed by atoms with Gasteiger partial charge in [-0.2, -0.15) is 0 Å². The number of nitrogen functional groups attached to an aromatic ring is 1. The van der Waals surface area contributed by atoms with E-state index in [9.17, 15) is 8.42 Å². The molecule has 100 valence electrons. The van der Waals surface area contributed by atoms with Gasteiger partial charge in [0.05, 0.1) is 23.1 Å². The minimum absolute atomic E-state index is 0.0913. The average molecular weight is 300 g/mol. The number of para-hydroxylation sites is 1. The van der Waals surface area contributed by atoms with Gasteiger partial charge in [0.25, 0.3) is 10.0 Å². The van der Waals surface area contributed by atoms with E-state index in [2.05, 4.69) is 20.1 Å². The third kappa shape index (κ3) is 3.11. The van der Waals surface area contributed by atoms with Crippen molar-refractivity contribution in [2.24, 2.45) is 5.84 Å². The van der Waals surface area contributed by atoms with Crippen molar-refractivity contribution in [1.82, 2.24) is 9.97 Å². The summed E-state index contributed by atoms with van der Waals surface area (Å²) in [5, 5.41) is 0.298. The quantitative estimate of drug-likeness (QED) is 0.578. The largest absolute Gasteiger partial charge is 0.292 e. The first-order chi connectivity index (χ1) is 9.03. The van der Waals surface area contributed by atoms with Crippen LogP contribution in [0.25, 0.3) is 0 Å². The molecule has 7 nitrogen and oxygen atoms in total. The van der Waals surface area contributed by atoms with Crippen LogP contribution in [0, 0.1) is 0 Å². The topological polar surface area (TPSA) is 110 Å². The standard InChI is InChI=1S/C10H10ClN5O2S/c11-8-3-1-2-4-9(8)16-19(17,18)7-5-13-10(15-12)14-6-7/h1-6,16H,12H2,(H,13,14,15). The third-order valence-electron chi connectivity index (χ3n) is 2.19. The van der Waals surface area contributed by atoms with Gasteiger partial charge < -0.3 is 0 Å². The number of rotatable bonds is 4. The molecule has 0 unspecified atom stereocenters. The molecule has 0 saturated carbocycles. The first-order valence-corrected chi connectivity index (χ1v) is 6.95. The molecule has 0 amide bonds. The molecule has 1 aromatic heterocycles. The Morgan fingerprint density at radius 1 is 1.16 bits per heavy atom. The molecule has 2 aromatic rings. The summed E-state index contributed by atoms with van der Waals surface area (Å²) in [4.78, 5) is 7.36. The van der Waals surface area contributed by atoms with Crippen molar-refractivity contribution in [3.05, 3.63) is 41.7 Å². The summed E-state index contributed by atoms with van der Waals surface area (Å²) < 4.78 is 26.5. The Labute approximate surface area is 114 Å². The second-order valence-electron chi connectivity index (χ2n) is 3.47. The van der Waals surface area contributed by atoms with Crippen LogP contribution in [0.3, 0.4) is 0 Å². The summed E-state index contributed by atoms with van der Waals surface area (Å²) in [5.41, 5.74) is 2.49. The van der Waals surface area contributed by atoms with Gasteiger partial charge in [-0.05, 0) is 12.1 Å². The molecule has 1 heterocycles. The first-order valence-electron chi connectivity index (χ1n) is 5.09. The van der Waals surface area contributed by atoms with Crippen LogP contribution in [0.1, 0.15) is 0 Å². The molecule has 9 heteroatoms. The number of aromatic nitrogens is 2. The third-order valence-corrected chi connectivity index (χ3v) is 3.84. The molecule has 19 heavy (non-hydrogen) atoms. The van der Waals surface area contributed by atoms with E-state index in [4.69, 9.17) is 17.4 Å². The fourth-order valence-electron chi connectivity index (χ4n) is 1.28. The fraction of sp³-hybridized carbons (Fsp3) is 0. The maximum Gasteiger partial charge on any atom is 0.265 e. The van der Waals surface area contributed by atoms with E-state index in [-0.39, 0.29) is 16.5 Å². The zero-order valence-electron chi connectivity index (χ0n) is 9.54. The van der Waals surface area contributed by atoms with Crippen LogP contribution in [-0.4, -0.2) is 18.4 Å². The monoisotopic (exact) mass is 299 g/mol. The molecule has 1 aromatic carbocycles. The van der Waals surface area contributed by atoms with Crippen molar-refractivity contribution < 1.29 is 8.42 Å². The first kappa shape index (κ1) is 13.5. The Morgan fingerprint density at radius 3 is 2.37 bits per heavy atom. The van der Waals surface area contributed by atoms with Crippen molar-refractivity contribution in [2.45, 2.75) is 4.90 Å². The molecule has 0 atom stereocenters. The van der Waals surface area contributed by atoms with E-state index in [1.165, 1.54) is 0 Å². The van der Waals surface area contributed by atoms with Crippen LogP contribution < -0.4 is 16.0 Å². The number of hydrogen-bond acceptors (Lipinski definition) is 6. The van der Waals surface area contributed by atoms with Crippen molar-refractivity contribution >= 4 is 33.3 Å². The highest BCUT2D eigenvalue weighted by molar-refractivity contribution is 7.92. The van der Waals surface area contributed by atoms with E-state index in [0.29, 0.717) is 5.02 Å². The smallest absolute Gasteiger partial charge is 0.265 e. The van der Waals surface area contributed by atoms with Gasteiger partial charge in [-0.25, -0.2) is 24.2 Å². The molecule has 2 rings (SSSR count). The van der Waals surface area contributed by atoms with Gasteiger partial charge in [-0.3, -0.25) is 10.1 Å². The number of halogens is 1. The summed E-state index contributed by atoms with van der Waals surface area (Å²) >= 11 is 5.88. The highest BCUT2D eigenvalue weighted by atomic mass is 35.5. The summed E-state index contributed by atoms with van der Waals surface area (Å²) in [7, 11) is -3.79. The molecular formula is C10H10ClN5O2S. The van der Waals surface area contributed by atoms with Crippen LogP contribution in [0.2, 0.25) is 5.02 Å². The summed E-state index contributed by atoms with van der Waals surface area (Å²) in [5.74, 6) is 5.22. The molecule has 0 aliphatic carbocycles. The van der Waals surface area contributed by atoms with Gasteiger partial charge in [0, 0.05) is 0 Å². The van der Waals surface area contributed by atoms with Crippen LogP contribution in [0.4, 0.5) is 11.6 Å². The molecule has 0 radical (unpaired) electrons. The second-order valence-corrected chi connectivity index (χ2v) is 5.56. The lowest BCUT2D eigenvalue weighted by atomic mass is 10.3. The van der Waals surface area contributed by atoms with Gasteiger partial charge in [-0.1, -0.05) is 23.7 Å². The van der Waals surface area contributed by atoms with Gasteiger partial charge in [0.1, 0.15) is 4.90 Å². The molecule has 0 saturated heterocycles. The van der Waals surface area contributed by atoms with Crippen LogP contribution in [0.15, 0.2) is 41.6 Å². The minimum atomic E-state index is -3.79. The Kier molecular flexibility index (Phi) is 3.84. The Balaban J connectivity index is 2.30. The number of hydrazine groups is 1. The highest BCUT2D eigenvalue weighted by Crippen LogP contribution is 2.23. The maximum absolute atomic E-state index is 12.1. The SMILES string of the molecule is NNc1ncc(S(=O)(=O)Nc2ccccc2Cl)cn1. The van der Waals surface area contributed by atoms with Crippen molar-refractivity contribution in [3.63, 3.8) is 0 Å². The Morgan fingerprint density at radius 2 is 1.79 bits per heavy atom. The number of hydrogen-bond donors (Lipinski definition) is 3. The van der Waals surface area contributed by atoms with E-state index in [1.54, 1.807) is 24.3 Å². The molecule has 0 aliphatic rings. The predicted octanol–water partition coefficient (Wildman–Crippen LogP) is 1.22. The molecule has 0 aliphatic heterocycles. The number of nitrogens with zero attached hydrogens (tertiary/aromatic N) is 2. The lowest BCUT2D eigenvalue weighted by Gasteiger charge is -2.09. The van der Waals surface area contributed by atoms with Crippen LogP contribution >= 0.6 is 11.6 Å². The van der Waals surface area contributed by atoms with E-state index in [1.807, 2.05) is 0 Å². The number of benzene rings is 1. The minimum Gasteiger partial charge on any atom is -0.292 e. The summed E-state index contributed by atoms with van der Waals surface area (Å²) in [6, 6.07) is 6.50. The molecule has 0 bridgehead atoms. The summed E-state index contributed by atoms with van der Waals surface area (Å²) in [6.45, 7) is 0. The molecule has 0 fully saturated rings. The van der Waals surface area contributed by atoms with Gasteiger partial charge in [0.15, 0.2) is 0 Å². The molecule has 0 spiro atoms. The lowest BCUT2D eigenvalue weighted by molar-refractivity contribution is 0.600. The van der Waals surface area contributed by atoms with Crippen LogP contribution in [-0.2, 0) is 10.0 Å². The zero-order valence-corrected chi connectivity index (χ0v) is 11.1. The highest BCUT2D eigenvalue weighted by Gasteiger charge is 2.16. The predicted molar refractivity (Wildman–Crippen MR) is 72.1 cm³/mol. The van der Waals surface area contributed by atoms with Gasteiger partial charge >= 0.3 is 0 Å². The Hall–Kier alpha value is -1.90. The summed E-state index contributed by atoms with van der Waals surface area (Å²) in [6.07, 6.45) is 2.28. The number of sulfonamides is 1. The average Bonchev–Trinajstić information content (AvgIpc) is 2.41. The number of nitrogens with two attached hydrogens (primary N) is 1. The van der Waals surface area contributed by atoms with Crippen molar-refractivity contribution in [3.8, 4) is 0 Å². The maximum atomic E-state index is 12.1. The number of nitrogens with one attached hydrogen (secondary N) is 2. The van der Waals surface area contributed by atoms with Crippen molar-refractivity contribution in [2.75, 3.05) is 10.1 Å². The van der Waals surface area contributed by atoms with Crippen LogP contribution in [0.5, 0.6) is 0 Å². The Bertz CT molecular complexity index is 675. The van der Waals surface area contributed by atoms with Gasteiger partial charge in [0.2, 0.25) is 5.95 Å². The molecule has 4 N–H and O–H groups in total. The van der Waals surface area contributed by atoms with Gasteiger partial charge in [-0.15, -0.1) is 0 Å². The van der Waals surface area contributed by atoms with E-state index in [0.717, 1.165) is 12.4 Å². The van der Waals surface area contributed by atoms with Crippen molar-refractivity contribution in [1.29, 1.82) is 0 Å². The second kappa shape index (κ2) is 5.39. The van der Waals surface area contributed by atoms with E-state index < -0.39 is 10.0 Å². The molecular weight excluding hydrogens is 290 g/mol.